The van der Waals surface area contributed by atoms with Gasteiger partial charge >= 0.3 is 0 Å². The van der Waals surface area contributed by atoms with Gasteiger partial charge in [-0.25, -0.2) is 0 Å². The number of hydrogen-bond acceptors (Lipinski definition) is 7. The molecule has 1 aromatic heterocycles. The van der Waals surface area contributed by atoms with Gasteiger partial charge in [0.2, 0.25) is 17.8 Å². The number of rotatable bonds is 7. The molecule has 0 bridgehead atoms. The molecule has 1 aliphatic rings. The molecule has 1 saturated carbocycles. The van der Waals surface area contributed by atoms with Crippen LogP contribution in [0.3, 0.4) is 0 Å². The number of amides is 1. The summed E-state index contributed by atoms with van der Waals surface area (Å²) in [5, 5.41) is 6.08. The van der Waals surface area contributed by atoms with Crippen molar-refractivity contribution in [2.45, 2.75) is 68.9 Å². The minimum absolute atomic E-state index is 0.0819. The van der Waals surface area contributed by atoms with Crippen molar-refractivity contribution >= 4 is 35.3 Å². The SMILES string of the molecule is CC(SC(C)c1nc(N)nc(Nc2ccccc2)n1)C(=O)NC1CCCCCC1. The molecule has 2 atom stereocenters. The van der Waals surface area contributed by atoms with Crippen molar-refractivity contribution in [3.05, 3.63) is 36.2 Å². The van der Waals surface area contributed by atoms with Crippen LogP contribution in [-0.4, -0.2) is 32.2 Å². The van der Waals surface area contributed by atoms with Crippen molar-refractivity contribution in [2.75, 3.05) is 11.1 Å². The summed E-state index contributed by atoms with van der Waals surface area (Å²) in [5.74, 6) is 1.21. The monoisotopic (exact) mass is 414 g/mol. The number of para-hydroxylation sites is 1. The molecule has 7 nitrogen and oxygen atoms in total. The maximum Gasteiger partial charge on any atom is 0.233 e. The molecule has 2 unspecified atom stereocenters. The third kappa shape index (κ3) is 6.59. The van der Waals surface area contributed by atoms with Gasteiger partial charge in [-0.3, -0.25) is 4.79 Å². The number of thioether (sulfide) groups is 1. The molecule has 156 valence electrons. The number of nitrogens with two attached hydrogens (primary N) is 1. The summed E-state index contributed by atoms with van der Waals surface area (Å²) in [6.07, 6.45) is 7.10. The standard InChI is InChI=1S/C21H30N6OS/c1-14(29-15(2)19(28)23-16-10-6-3-4-7-11-16)18-25-20(22)27-21(26-18)24-17-12-8-5-9-13-17/h5,8-9,12-16H,3-4,6-7,10-11H2,1-2H3,(H,23,28)(H3,22,24,25,26,27). The number of benzene rings is 1. The van der Waals surface area contributed by atoms with Crippen LogP contribution < -0.4 is 16.4 Å². The van der Waals surface area contributed by atoms with Crippen molar-refractivity contribution in [1.29, 1.82) is 0 Å². The molecular formula is C21H30N6OS. The number of hydrogen-bond donors (Lipinski definition) is 3. The van der Waals surface area contributed by atoms with Gasteiger partial charge in [0.1, 0.15) is 5.82 Å². The second kappa shape index (κ2) is 10.4. The largest absolute Gasteiger partial charge is 0.368 e. The van der Waals surface area contributed by atoms with Crippen LogP contribution in [0.25, 0.3) is 0 Å². The van der Waals surface area contributed by atoms with Crippen LogP contribution in [0.15, 0.2) is 30.3 Å². The summed E-state index contributed by atoms with van der Waals surface area (Å²) < 4.78 is 0. The molecule has 29 heavy (non-hydrogen) atoms. The number of aromatic nitrogens is 3. The van der Waals surface area contributed by atoms with Gasteiger partial charge in [0, 0.05) is 11.7 Å². The fraction of sp³-hybridized carbons (Fsp3) is 0.524. The number of nitrogen functional groups attached to an aromatic ring is 1. The summed E-state index contributed by atoms with van der Waals surface area (Å²) in [6.45, 7) is 3.92. The first-order chi connectivity index (χ1) is 14.0. The molecule has 1 aliphatic carbocycles. The lowest BCUT2D eigenvalue weighted by Gasteiger charge is -2.21. The van der Waals surface area contributed by atoms with E-state index >= 15 is 0 Å². The van der Waals surface area contributed by atoms with Gasteiger partial charge in [-0.05, 0) is 38.8 Å². The van der Waals surface area contributed by atoms with Crippen LogP contribution in [-0.2, 0) is 4.79 Å². The zero-order chi connectivity index (χ0) is 20.6. The third-order valence-electron chi connectivity index (χ3n) is 5.04. The quantitative estimate of drug-likeness (QED) is 0.582. The van der Waals surface area contributed by atoms with E-state index in [1.54, 1.807) is 0 Å². The lowest BCUT2D eigenvalue weighted by Crippen LogP contribution is -2.39. The molecule has 4 N–H and O–H groups in total. The smallest absolute Gasteiger partial charge is 0.233 e. The second-order valence-electron chi connectivity index (χ2n) is 7.48. The Morgan fingerprint density at radius 3 is 2.45 bits per heavy atom. The fourth-order valence-electron chi connectivity index (χ4n) is 3.47. The van der Waals surface area contributed by atoms with E-state index in [0.29, 0.717) is 17.8 Å². The minimum Gasteiger partial charge on any atom is -0.368 e. The summed E-state index contributed by atoms with van der Waals surface area (Å²) in [6, 6.07) is 9.97. The Balaban J connectivity index is 1.60. The van der Waals surface area contributed by atoms with E-state index in [2.05, 4.69) is 25.6 Å². The maximum absolute atomic E-state index is 12.6. The normalized spacial score (nSPS) is 17.2. The van der Waals surface area contributed by atoms with E-state index in [-0.39, 0.29) is 22.4 Å². The van der Waals surface area contributed by atoms with Crippen LogP contribution in [0.4, 0.5) is 17.6 Å². The lowest BCUT2D eigenvalue weighted by molar-refractivity contribution is -0.121. The number of nitrogens with zero attached hydrogens (tertiary/aromatic N) is 3. The van der Waals surface area contributed by atoms with Gasteiger partial charge in [-0.2, -0.15) is 15.0 Å². The molecule has 3 rings (SSSR count). The molecule has 2 aromatic rings. The molecule has 0 radical (unpaired) electrons. The number of carbonyl (C=O) groups excluding carboxylic acids is 1. The van der Waals surface area contributed by atoms with E-state index in [4.69, 9.17) is 5.73 Å². The zero-order valence-corrected chi connectivity index (χ0v) is 17.9. The number of carbonyl (C=O) groups is 1. The first-order valence-corrected chi connectivity index (χ1v) is 11.2. The highest BCUT2D eigenvalue weighted by atomic mass is 32.2. The Morgan fingerprint density at radius 1 is 1.07 bits per heavy atom. The Labute approximate surface area is 176 Å². The summed E-state index contributed by atoms with van der Waals surface area (Å²) >= 11 is 1.53. The van der Waals surface area contributed by atoms with E-state index in [1.165, 1.54) is 37.4 Å². The van der Waals surface area contributed by atoms with Gasteiger partial charge in [0.25, 0.3) is 0 Å². The van der Waals surface area contributed by atoms with Gasteiger partial charge in [-0.15, -0.1) is 11.8 Å². The van der Waals surface area contributed by atoms with E-state index in [0.717, 1.165) is 18.5 Å². The molecule has 0 saturated heterocycles. The van der Waals surface area contributed by atoms with E-state index in [1.807, 2.05) is 44.2 Å². The highest BCUT2D eigenvalue weighted by Crippen LogP contribution is 2.31. The van der Waals surface area contributed by atoms with Gasteiger partial charge < -0.3 is 16.4 Å². The average molecular weight is 415 g/mol. The van der Waals surface area contributed by atoms with Gasteiger partial charge in [-0.1, -0.05) is 43.9 Å². The van der Waals surface area contributed by atoms with Crippen LogP contribution in [0, 0.1) is 0 Å². The van der Waals surface area contributed by atoms with Gasteiger partial charge in [0.05, 0.1) is 10.5 Å². The molecule has 1 fully saturated rings. The first-order valence-electron chi connectivity index (χ1n) is 10.3. The molecule has 8 heteroatoms. The summed E-state index contributed by atoms with van der Waals surface area (Å²) in [7, 11) is 0. The van der Waals surface area contributed by atoms with Crippen LogP contribution >= 0.6 is 11.8 Å². The molecule has 1 aromatic carbocycles. The molecule has 0 aliphatic heterocycles. The number of nitrogens with one attached hydrogen (secondary N) is 2. The Hall–Kier alpha value is -2.35. The van der Waals surface area contributed by atoms with Crippen molar-refractivity contribution in [3.63, 3.8) is 0 Å². The Kier molecular flexibility index (Phi) is 7.69. The summed E-state index contributed by atoms with van der Waals surface area (Å²) in [4.78, 5) is 25.6. The number of anilines is 3. The summed E-state index contributed by atoms with van der Waals surface area (Å²) in [5.41, 5.74) is 6.76. The lowest BCUT2D eigenvalue weighted by atomic mass is 10.1. The second-order valence-corrected chi connectivity index (χ2v) is 9.17. The fourth-order valence-corrected chi connectivity index (χ4v) is 4.50. The van der Waals surface area contributed by atoms with Crippen molar-refractivity contribution in [2.24, 2.45) is 0 Å². The van der Waals surface area contributed by atoms with E-state index < -0.39 is 0 Å². The van der Waals surface area contributed by atoms with Crippen LogP contribution in [0.1, 0.15) is 63.4 Å². The molecule has 0 spiro atoms. The Bertz CT molecular complexity index is 795. The molecule has 1 heterocycles. The predicted molar refractivity (Wildman–Crippen MR) is 119 cm³/mol. The average Bonchev–Trinajstić information content (AvgIpc) is 2.97. The zero-order valence-electron chi connectivity index (χ0n) is 17.1. The van der Waals surface area contributed by atoms with Crippen molar-refractivity contribution in [3.8, 4) is 0 Å². The van der Waals surface area contributed by atoms with Crippen LogP contribution in [0.2, 0.25) is 0 Å². The molecular weight excluding hydrogens is 384 g/mol. The topological polar surface area (TPSA) is 106 Å². The Morgan fingerprint density at radius 2 is 1.76 bits per heavy atom. The maximum atomic E-state index is 12.6. The highest BCUT2D eigenvalue weighted by molar-refractivity contribution is 8.00. The first kappa shape index (κ1) is 21.4. The van der Waals surface area contributed by atoms with Crippen LogP contribution in [0.5, 0.6) is 0 Å². The predicted octanol–water partition coefficient (Wildman–Crippen LogP) is 4.22. The van der Waals surface area contributed by atoms with Gasteiger partial charge in [0.15, 0.2) is 0 Å². The highest BCUT2D eigenvalue weighted by Gasteiger charge is 2.23. The van der Waals surface area contributed by atoms with Crippen molar-refractivity contribution < 1.29 is 4.79 Å². The molecule has 1 amide bonds. The van der Waals surface area contributed by atoms with Crippen molar-refractivity contribution in [1.82, 2.24) is 20.3 Å². The van der Waals surface area contributed by atoms with E-state index in [9.17, 15) is 4.79 Å². The third-order valence-corrected chi connectivity index (χ3v) is 6.28. The minimum atomic E-state index is -0.197.